The number of carbonyl (C=O) groups excluding carboxylic acids is 2. The zero-order valence-electron chi connectivity index (χ0n) is 19.9. The summed E-state index contributed by atoms with van der Waals surface area (Å²) in [6, 6.07) is 9.37. The number of hydrogen-bond donors (Lipinski definition) is 2. The van der Waals surface area contributed by atoms with Crippen LogP contribution in [0.4, 0.5) is 0 Å². The van der Waals surface area contributed by atoms with E-state index in [1.807, 2.05) is 45.9 Å². The Kier molecular flexibility index (Phi) is 8.01. The van der Waals surface area contributed by atoms with Crippen LogP contribution in [0.3, 0.4) is 0 Å². The number of likely N-dealkylation sites (tertiary alicyclic amines) is 1. The lowest BCUT2D eigenvalue weighted by Gasteiger charge is -2.32. The number of amides is 2. The second-order valence-corrected chi connectivity index (χ2v) is 10.0. The van der Waals surface area contributed by atoms with Crippen molar-refractivity contribution >= 4 is 18.9 Å². The molecule has 176 valence electrons. The minimum absolute atomic E-state index is 0.0198. The summed E-state index contributed by atoms with van der Waals surface area (Å²) in [5.74, 6) is -0.737. The van der Waals surface area contributed by atoms with Crippen molar-refractivity contribution in [3.05, 3.63) is 35.9 Å². The van der Waals surface area contributed by atoms with Crippen LogP contribution in [0.1, 0.15) is 65.4 Å². The third kappa shape index (κ3) is 6.12. The van der Waals surface area contributed by atoms with Crippen molar-refractivity contribution in [2.75, 3.05) is 13.1 Å². The van der Waals surface area contributed by atoms with Gasteiger partial charge in [-0.25, -0.2) is 0 Å². The van der Waals surface area contributed by atoms with Crippen LogP contribution in [0.2, 0.25) is 0 Å². The van der Waals surface area contributed by atoms with Crippen molar-refractivity contribution in [1.82, 2.24) is 10.2 Å². The monoisotopic (exact) mass is 443 g/mol. The molecule has 3 rings (SSSR count). The largest absolute Gasteiger partial charge is 0.481 e. The van der Waals surface area contributed by atoms with E-state index >= 15 is 0 Å². The minimum Gasteiger partial charge on any atom is -0.402 e. The molecule has 0 aliphatic carbocycles. The normalized spacial score (nSPS) is 21.4. The fourth-order valence-corrected chi connectivity index (χ4v) is 4.17. The first-order valence-electron chi connectivity index (χ1n) is 11.8. The lowest BCUT2D eigenvalue weighted by Crippen LogP contribution is -2.53. The number of nitrogens with zero attached hydrogens (tertiary/aromatic N) is 1. The number of nitrogens with one attached hydrogen (secondary N) is 1. The van der Waals surface area contributed by atoms with Gasteiger partial charge in [-0.15, -0.1) is 0 Å². The maximum atomic E-state index is 12.9. The average Bonchev–Trinajstić information content (AvgIpc) is 3.34. The summed E-state index contributed by atoms with van der Waals surface area (Å²) in [5.41, 5.74) is 6.38. The van der Waals surface area contributed by atoms with E-state index in [4.69, 9.17) is 15.0 Å². The van der Waals surface area contributed by atoms with Gasteiger partial charge in [0.05, 0.1) is 29.6 Å². The molecule has 3 N–H and O–H groups in total. The highest BCUT2D eigenvalue weighted by atomic mass is 16.7. The molecule has 2 fully saturated rings. The first-order valence-corrected chi connectivity index (χ1v) is 11.8. The lowest BCUT2D eigenvalue weighted by molar-refractivity contribution is -0.133. The van der Waals surface area contributed by atoms with Gasteiger partial charge in [0.1, 0.15) is 0 Å². The molecule has 2 amide bonds. The Morgan fingerprint density at radius 1 is 1.09 bits per heavy atom. The van der Waals surface area contributed by atoms with Gasteiger partial charge in [0.2, 0.25) is 11.8 Å². The first-order chi connectivity index (χ1) is 15.1. The van der Waals surface area contributed by atoms with E-state index in [-0.39, 0.29) is 24.2 Å². The topological polar surface area (TPSA) is 93.9 Å². The SMILES string of the molecule is CC1(C)OB([C@H](CCCc2ccccc2)NC(=O)C(N)CC(=O)N2CCCC2)OC1(C)C. The maximum absolute atomic E-state index is 12.9. The van der Waals surface area contributed by atoms with Crippen molar-refractivity contribution < 1.29 is 18.9 Å². The van der Waals surface area contributed by atoms with Crippen molar-refractivity contribution in [3.8, 4) is 0 Å². The van der Waals surface area contributed by atoms with Crippen LogP contribution in [-0.4, -0.2) is 60.1 Å². The smallest absolute Gasteiger partial charge is 0.402 e. The molecule has 2 saturated heterocycles. The van der Waals surface area contributed by atoms with E-state index in [2.05, 4.69) is 17.4 Å². The van der Waals surface area contributed by atoms with E-state index in [1.165, 1.54) is 5.56 Å². The van der Waals surface area contributed by atoms with Gasteiger partial charge in [0, 0.05) is 13.1 Å². The van der Waals surface area contributed by atoms with Crippen molar-refractivity contribution in [1.29, 1.82) is 0 Å². The Bertz CT molecular complexity index is 765. The van der Waals surface area contributed by atoms with Gasteiger partial charge in [-0.05, 0) is 65.4 Å². The quantitative estimate of drug-likeness (QED) is 0.572. The molecular formula is C24H38BN3O4. The van der Waals surface area contributed by atoms with Crippen LogP contribution in [0, 0.1) is 0 Å². The van der Waals surface area contributed by atoms with Gasteiger partial charge in [0.25, 0.3) is 0 Å². The summed E-state index contributed by atoms with van der Waals surface area (Å²) in [7, 11) is -0.568. The van der Waals surface area contributed by atoms with Gasteiger partial charge in [-0.1, -0.05) is 30.3 Å². The highest BCUT2D eigenvalue weighted by Crippen LogP contribution is 2.38. The van der Waals surface area contributed by atoms with E-state index in [9.17, 15) is 9.59 Å². The summed E-state index contributed by atoms with van der Waals surface area (Å²) < 4.78 is 12.4. The van der Waals surface area contributed by atoms with Gasteiger partial charge in [-0.2, -0.15) is 0 Å². The fourth-order valence-electron chi connectivity index (χ4n) is 4.17. The fraction of sp³-hybridized carbons (Fsp3) is 0.667. The van der Waals surface area contributed by atoms with Crippen molar-refractivity contribution in [2.24, 2.45) is 5.73 Å². The molecule has 1 aromatic rings. The highest BCUT2D eigenvalue weighted by molar-refractivity contribution is 6.48. The zero-order chi connectivity index (χ0) is 23.4. The molecule has 8 heteroatoms. The molecular weight excluding hydrogens is 405 g/mol. The third-order valence-corrected chi connectivity index (χ3v) is 6.94. The summed E-state index contributed by atoms with van der Waals surface area (Å²) >= 11 is 0. The van der Waals surface area contributed by atoms with Gasteiger partial charge >= 0.3 is 7.12 Å². The summed E-state index contributed by atoms with van der Waals surface area (Å²) in [6.45, 7) is 9.49. The average molecular weight is 443 g/mol. The number of aryl methyl sites for hydroxylation is 1. The number of nitrogens with two attached hydrogens (primary N) is 1. The third-order valence-electron chi connectivity index (χ3n) is 6.94. The number of carbonyl (C=O) groups is 2. The van der Waals surface area contributed by atoms with Crippen LogP contribution in [0.15, 0.2) is 30.3 Å². The maximum Gasteiger partial charge on any atom is 0.481 e. The zero-order valence-corrected chi connectivity index (χ0v) is 19.9. The van der Waals surface area contributed by atoms with E-state index in [0.717, 1.165) is 38.8 Å². The second-order valence-electron chi connectivity index (χ2n) is 10.0. The Balaban J connectivity index is 1.61. The Labute approximate surface area is 192 Å². The molecule has 0 saturated carbocycles. The lowest BCUT2D eigenvalue weighted by atomic mass is 9.75. The standard InChI is InChI=1S/C24H38BN3O4/c1-23(2)24(3,4)32-25(31-23)20(14-10-13-18-11-6-5-7-12-18)27-22(30)19(26)17-21(29)28-15-8-9-16-28/h5-7,11-12,19-20H,8-10,13-17,26H2,1-4H3,(H,27,30)/t19?,20-/m0/s1. The first kappa shape index (κ1) is 24.7. The molecule has 1 unspecified atom stereocenters. The van der Waals surface area contributed by atoms with E-state index < -0.39 is 24.4 Å². The molecule has 0 radical (unpaired) electrons. The number of benzene rings is 1. The molecule has 2 heterocycles. The van der Waals surface area contributed by atoms with Crippen molar-refractivity contribution in [2.45, 2.75) is 89.4 Å². The van der Waals surface area contributed by atoms with Gasteiger partial charge in [-0.3, -0.25) is 9.59 Å². The molecule has 0 aromatic heterocycles. The minimum atomic E-state index is -0.887. The molecule has 0 spiro atoms. The summed E-state index contributed by atoms with van der Waals surface area (Å²) in [6.07, 6.45) is 4.49. The van der Waals surface area contributed by atoms with E-state index in [0.29, 0.717) is 6.42 Å². The molecule has 2 aliphatic rings. The number of hydrogen-bond acceptors (Lipinski definition) is 5. The Morgan fingerprint density at radius 3 is 2.28 bits per heavy atom. The number of rotatable bonds is 9. The van der Waals surface area contributed by atoms with Crippen LogP contribution in [0.5, 0.6) is 0 Å². The van der Waals surface area contributed by atoms with Crippen LogP contribution < -0.4 is 11.1 Å². The Morgan fingerprint density at radius 2 is 1.69 bits per heavy atom. The predicted molar refractivity (Wildman–Crippen MR) is 126 cm³/mol. The molecule has 2 atom stereocenters. The van der Waals surface area contributed by atoms with Crippen LogP contribution >= 0.6 is 0 Å². The van der Waals surface area contributed by atoms with Gasteiger partial charge in [0.15, 0.2) is 0 Å². The van der Waals surface area contributed by atoms with Crippen molar-refractivity contribution in [3.63, 3.8) is 0 Å². The van der Waals surface area contributed by atoms with Crippen LogP contribution in [-0.2, 0) is 25.3 Å². The van der Waals surface area contributed by atoms with Crippen LogP contribution in [0.25, 0.3) is 0 Å². The Hall–Kier alpha value is -1.90. The molecule has 2 aliphatic heterocycles. The molecule has 32 heavy (non-hydrogen) atoms. The summed E-state index contributed by atoms with van der Waals surface area (Å²) in [5, 5.41) is 3.03. The second kappa shape index (κ2) is 10.4. The van der Waals surface area contributed by atoms with E-state index in [1.54, 1.807) is 4.90 Å². The molecule has 7 nitrogen and oxygen atoms in total. The summed E-state index contributed by atoms with van der Waals surface area (Å²) in [4.78, 5) is 27.1. The highest BCUT2D eigenvalue weighted by Gasteiger charge is 2.54. The molecule has 0 bridgehead atoms. The molecule has 1 aromatic carbocycles. The predicted octanol–water partition coefficient (Wildman–Crippen LogP) is 2.47. The van der Waals surface area contributed by atoms with Gasteiger partial charge < -0.3 is 25.3 Å².